The van der Waals surface area contributed by atoms with Gasteiger partial charge >= 0.3 is 12.2 Å². The number of benzene rings is 1. The van der Waals surface area contributed by atoms with Gasteiger partial charge < -0.3 is 29.6 Å². The first-order chi connectivity index (χ1) is 16.7. The van der Waals surface area contributed by atoms with Crippen molar-refractivity contribution in [3.8, 4) is 11.5 Å². The van der Waals surface area contributed by atoms with Crippen LogP contribution in [0.4, 0.5) is 32.4 Å². The summed E-state index contributed by atoms with van der Waals surface area (Å²) in [5.74, 6) is -3.63. The number of hydrogen-bond donors (Lipinski definition) is 3. The van der Waals surface area contributed by atoms with Gasteiger partial charge in [-0.2, -0.15) is 18.2 Å². The zero-order chi connectivity index (χ0) is 25.2. The van der Waals surface area contributed by atoms with Gasteiger partial charge in [-0.25, -0.2) is 18.6 Å². The van der Waals surface area contributed by atoms with Crippen LogP contribution in [0.2, 0.25) is 0 Å². The summed E-state index contributed by atoms with van der Waals surface area (Å²) in [7, 11) is 1.44. The summed E-state index contributed by atoms with van der Waals surface area (Å²) in [5, 5.41) is 7.68. The lowest BCUT2D eigenvalue weighted by Crippen LogP contribution is -2.28. The summed E-state index contributed by atoms with van der Waals surface area (Å²) < 4.78 is 84.0. The second kappa shape index (κ2) is 9.54. The van der Waals surface area contributed by atoms with Gasteiger partial charge in [0.15, 0.2) is 23.2 Å². The van der Waals surface area contributed by atoms with Crippen molar-refractivity contribution in [3.63, 3.8) is 0 Å². The number of methoxy groups -OCH3 is 1. The molecule has 4 aromatic rings. The number of H-pyrrole nitrogens is 1. The van der Waals surface area contributed by atoms with Gasteiger partial charge in [0.05, 0.1) is 17.5 Å². The number of carbonyl (C=O) groups excluding carboxylic acids is 1. The average molecular weight is 498 g/mol. The van der Waals surface area contributed by atoms with Gasteiger partial charge in [-0.1, -0.05) is 5.16 Å². The first-order valence-corrected chi connectivity index (χ1v) is 9.71. The molecule has 184 valence electrons. The van der Waals surface area contributed by atoms with Crippen LogP contribution in [0, 0.1) is 11.6 Å². The lowest BCUT2D eigenvalue weighted by molar-refractivity contribution is -0.136. The molecule has 0 fully saturated rings. The second-order valence-electron chi connectivity index (χ2n) is 6.95. The summed E-state index contributed by atoms with van der Waals surface area (Å²) in [6, 6.07) is 1.67. The Morgan fingerprint density at radius 3 is 2.66 bits per heavy atom. The van der Waals surface area contributed by atoms with Gasteiger partial charge in [-0.05, 0) is 6.07 Å². The molecule has 0 radical (unpaired) electrons. The molecule has 0 aliphatic heterocycles. The number of ether oxygens (including phenoxy) is 2. The van der Waals surface area contributed by atoms with E-state index in [0.29, 0.717) is 6.20 Å². The van der Waals surface area contributed by atoms with E-state index in [2.05, 4.69) is 30.7 Å². The predicted octanol–water partition coefficient (Wildman–Crippen LogP) is 4.50. The Labute approximate surface area is 192 Å². The lowest BCUT2D eigenvalue weighted by Gasteiger charge is -2.13. The van der Waals surface area contributed by atoms with E-state index < -0.39 is 46.3 Å². The third-order valence-corrected chi connectivity index (χ3v) is 4.49. The van der Waals surface area contributed by atoms with E-state index in [0.717, 1.165) is 24.4 Å². The summed E-state index contributed by atoms with van der Waals surface area (Å²) in [6.45, 7) is -0.0692. The van der Waals surface area contributed by atoms with Crippen molar-refractivity contribution < 1.29 is 40.7 Å². The lowest BCUT2D eigenvalue weighted by atomic mass is 10.2. The van der Waals surface area contributed by atoms with Crippen LogP contribution in [0.5, 0.6) is 11.5 Å². The van der Waals surface area contributed by atoms with E-state index in [1.807, 2.05) is 0 Å². The Kier molecular flexibility index (Phi) is 6.50. The monoisotopic (exact) mass is 498 g/mol. The number of aromatic amines is 1. The number of anilines is 1. The summed E-state index contributed by atoms with van der Waals surface area (Å²) >= 11 is 0. The van der Waals surface area contributed by atoms with Gasteiger partial charge in [0.1, 0.15) is 18.0 Å². The maximum absolute atomic E-state index is 14.6. The number of amides is 2. The minimum Gasteiger partial charge on any atom is -0.450 e. The number of halogens is 5. The van der Waals surface area contributed by atoms with Crippen LogP contribution in [0.3, 0.4) is 0 Å². The Hall–Kier alpha value is -4.27. The molecule has 15 heteroatoms. The van der Waals surface area contributed by atoms with E-state index >= 15 is 0 Å². The number of urea groups is 1. The molecule has 0 spiro atoms. The number of fused-ring (bicyclic) bond motifs is 1. The average Bonchev–Trinajstić information content (AvgIpc) is 3.42. The maximum atomic E-state index is 14.6. The molecule has 3 heterocycles. The molecule has 0 unspecified atom stereocenters. The molecule has 0 aliphatic carbocycles. The number of nitrogens with one attached hydrogen (secondary N) is 3. The highest BCUT2D eigenvalue weighted by Gasteiger charge is 2.35. The number of rotatable bonds is 7. The van der Waals surface area contributed by atoms with Crippen molar-refractivity contribution in [1.29, 1.82) is 0 Å². The molecule has 1 aromatic carbocycles. The van der Waals surface area contributed by atoms with E-state index in [9.17, 15) is 26.7 Å². The van der Waals surface area contributed by atoms with Crippen LogP contribution in [0.15, 0.2) is 35.1 Å². The Bertz CT molecular complexity index is 1350. The third kappa shape index (κ3) is 5.29. The highest BCUT2D eigenvalue weighted by molar-refractivity contribution is 5.89. The Morgan fingerprint density at radius 1 is 1.23 bits per heavy atom. The fraction of sp³-hybridized carbons (Fsp3) is 0.200. The van der Waals surface area contributed by atoms with Crippen LogP contribution in [-0.4, -0.2) is 33.2 Å². The van der Waals surface area contributed by atoms with Gasteiger partial charge in [0, 0.05) is 37.3 Å². The summed E-state index contributed by atoms with van der Waals surface area (Å²) in [5.41, 5.74) is -1.57. The molecule has 2 amide bonds. The van der Waals surface area contributed by atoms with Crippen molar-refractivity contribution in [2.45, 2.75) is 19.3 Å². The number of alkyl halides is 3. The smallest absolute Gasteiger partial charge is 0.418 e. The zero-order valence-corrected chi connectivity index (χ0v) is 17.7. The van der Waals surface area contributed by atoms with E-state index in [1.165, 1.54) is 7.11 Å². The van der Waals surface area contributed by atoms with E-state index in [1.54, 1.807) is 0 Å². The number of hydrogen-bond acceptors (Lipinski definition) is 7. The molecule has 0 aliphatic rings. The molecular weight excluding hydrogens is 483 g/mol. The van der Waals surface area contributed by atoms with Gasteiger partial charge in [-0.15, -0.1) is 0 Å². The second-order valence-corrected chi connectivity index (χ2v) is 6.95. The third-order valence-electron chi connectivity index (χ3n) is 4.49. The van der Waals surface area contributed by atoms with Crippen molar-refractivity contribution in [1.82, 2.24) is 25.4 Å². The molecule has 3 aromatic heterocycles. The standard InChI is InChI=1S/C20H15F5N6O4/c1-33-8-14-30-15(35-31-14)7-28-19(32)29-9-4-11(21)17(12(22)5-9)34-13-2-3-26-18-16(13)10(6-27-18)20(23,24)25/h2-6H,7-8H2,1H3,(H,26,27)(H2,28,29,32). The number of aromatic nitrogens is 4. The van der Waals surface area contributed by atoms with Crippen molar-refractivity contribution in [3.05, 3.63) is 59.5 Å². The molecule has 0 saturated carbocycles. The predicted molar refractivity (Wildman–Crippen MR) is 108 cm³/mol. The molecular formula is C20H15F5N6O4. The largest absolute Gasteiger partial charge is 0.450 e. The molecule has 4 rings (SSSR count). The fourth-order valence-electron chi connectivity index (χ4n) is 3.06. The zero-order valence-electron chi connectivity index (χ0n) is 17.7. The topological polar surface area (TPSA) is 127 Å². The van der Waals surface area contributed by atoms with Crippen molar-refractivity contribution in [2.75, 3.05) is 12.4 Å². The molecule has 10 nitrogen and oxygen atoms in total. The number of pyridine rings is 1. The molecule has 0 atom stereocenters. The normalized spacial score (nSPS) is 11.6. The first kappa shape index (κ1) is 23.9. The SMILES string of the molecule is COCc1noc(CNC(=O)Nc2cc(F)c(Oc3ccnc4[nH]cc(C(F)(F)F)c34)c(F)c2)n1. The highest BCUT2D eigenvalue weighted by atomic mass is 19.4. The quantitative estimate of drug-likeness (QED) is 0.320. The molecule has 3 N–H and O–H groups in total. The van der Waals surface area contributed by atoms with Crippen LogP contribution < -0.4 is 15.4 Å². The molecule has 0 saturated heterocycles. The van der Waals surface area contributed by atoms with Gasteiger partial charge in [0.25, 0.3) is 0 Å². The molecule has 0 bridgehead atoms. The van der Waals surface area contributed by atoms with E-state index in [4.69, 9.17) is 14.0 Å². The van der Waals surface area contributed by atoms with Crippen molar-refractivity contribution >= 4 is 22.8 Å². The number of carbonyl (C=O) groups is 1. The van der Waals surface area contributed by atoms with Gasteiger partial charge in [0.2, 0.25) is 5.89 Å². The Morgan fingerprint density at radius 2 is 1.97 bits per heavy atom. The van der Waals surface area contributed by atoms with Crippen LogP contribution in [-0.2, 0) is 24.1 Å². The summed E-state index contributed by atoms with van der Waals surface area (Å²) in [4.78, 5) is 22.1. The maximum Gasteiger partial charge on any atom is 0.418 e. The highest BCUT2D eigenvalue weighted by Crippen LogP contribution is 2.40. The van der Waals surface area contributed by atoms with Crippen LogP contribution in [0.1, 0.15) is 17.3 Å². The first-order valence-electron chi connectivity index (χ1n) is 9.71. The van der Waals surface area contributed by atoms with E-state index in [-0.39, 0.29) is 36.2 Å². The van der Waals surface area contributed by atoms with Crippen molar-refractivity contribution in [2.24, 2.45) is 0 Å². The number of nitrogens with zero attached hydrogens (tertiary/aromatic N) is 3. The van der Waals surface area contributed by atoms with Gasteiger partial charge in [-0.3, -0.25) is 0 Å². The minimum absolute atomic E-state index is 0.0694. The van der Waals surface area contributed by atoms with Crippen LogP contribution in [0.25, 0.3) is 11.0 Å². The fourth-order valence-corrected chi connectivity index (χ4v) is 3.06. The Balaban J connectivity index is 1.48. The molecule has 35 heavy (non-hydrogen) atoms. The van der Waals surface area contributed by atoms with Crippen LogP contribution >= 0.6 is 0 Å². The minimum atomic E-state index is -4.76. The summed E-state index contributed by atoms with van der Waals surface area (Å²) in [6.07, 6.45) is -2.97.